The minimum absolute atomic E-state index is 0.525. The summed E-state index contributed by atoms with van der Waals surface area (Å²) in [5.74, 6) is 0. The van der Waals surface area contributed by atoms with Crippen molar-refractivity contribution in [1.82, 2.24) is 19.6 Å². The summed E-state index contributed by atoms with van der Waals surface area (Å²) in [6.45, 7) is 3.01. The molecule has 114 valence electrons. The topological polar surface area (TPSA) is 55.9 Å². The molecule has 1 N–H and O–H groups in total. The standard InChI is InChI=1S/C16H24N4O/c1-2-8-19-12-13(11-17-19)16(21)10-14-7-9-20(18-14)15-5-3-4-6-15/h7,9,11-12,15-16,21H,2-6,8,10H2,1H3. The van der Waals surface area contributed by atoms with Gasteiger partial charge in [-0.2, -0.15) is 10.2 Å². The van der Waals surface area contributed by atoms with Crippen LogP contribution < -0.4 is 0 Å². The lowest BCUT2D eigenvalue weighted by molar-refractivity contribution is 0.176. The zero-order valence-corrected chi connectivity index (χ0v) is 12.6. The van der Waals surface area contributed by atoms with Gasteiger partial charge in [-0.3, -0.25) is 9.36 Å². The highest BCUT2D eigenvalue weighted by Gasteiger charge is 2.18. The van der Waals surface area contributed by atoms with E-state index in [9.17, 15) is 5.11 Å². The zero-order valence-electron chi connectivity index (χ0n) is 12.6. The van der Waals surface area contributed by atoms with E-state index in [4.69, 9.17) is 0 Å². The summed E-state index contributed by atoms with van der Waals surface area (Å²) >= 11 is 0. The number of aryl methyl sites for hydroxylation is 1. The van der Waals surface area contributed by atoms with E-state index in [-0.39, 0.29) is 0 Å². The Labute approximate surface area is 125 Å². The first-order valence-electron chi connectivity index (χ1n) is 8.00. The van der Waals surface area contributed by atoms with Gasteiger partial charge in [0.05, 0.1) is 24.0 Å². The Kier molecular flexibility index (Phi) is 4.39. The van der Waals surface area contributed by atoms with Crippen LogP contribution in [0.15, 0.2) is 24.7 Å². The Morgan fingerprint density at radius 3 is 2.95 bits per heavy atom. The second-order valence-corrected chi connectivity index (χ2v) is 5.98. The molecule has 21 heavy (non-hydrogen) atoms. The van der Waals surface area contributed by atoms with Crippen LogP contribution in [0, 0.1) is 0 Å². The van der Waals surface area contributed by atoms with Gasteiger partial charge in [0.2, 0.25) is 0 Å². The van der Waals surface area contributed by atoms with Crippen molar-refractivity contribution in [3.63, 3.8) is 0 Å². The molecule has 2 aromatic heterocycles. The van der Waals surface area contributed by atoms with Crippen LogP contribution in [0.4, 0.5) is 0 Å². The maximum absolute atomic E-state index is 10.3. The molecule has 0 radical (unpaired) electrons. The molecule has 1 aliphatic carbocycles. The molecule has 0 spiro atoms. The molecule has 3 rings (SSSR count). The number of aliphatic hydroxyl groups is 1. The summed E-state index contributed by atoms with van der Waals surface area (Å²) in [5, 5.41) is 19.2. The van der Waals surface area contributed by atoms with Crippen LogP contribution in [-0.4, -0.2) is 24.7 Å². The fourth-order valence-corrected chi connectivity index (χ4v) is 3.08. The third-order valence-corrected chi connectivity index (χ3v) is 4.26. The number of rotatable bonds is 6. The summed E-state index contributed by atoms with van der Waals surface area (Å²) in [5.41, 5.74) is 1.83. The van der Waals surface area contributed by atoms with Crippen LogP contribution in [0.25, 0.3) is 0 Å². The van der Waals surface area contributed by atoms with E-state index >= 15 is 0 Å². The van der Waals surface area contributed by atoms with Crippen molar-refractivity contribution >= 4 is 0 Å². The van der Waals surface area contributed by atoms with E-state index in [2.05, 4.69) is 28.0 Å². The first kappa shape index (κ1) is 14.3. The normalized spacial score (nSPS) is 17.4. The van der Waals surface area contributed by atoms with Gasteiger partial charge in [0, 0.05) is 30.9 Å². The minimum atomic E-state index is -0.525. The molecule has 0 amide bonds. The molecule has 1 aliphatic rings. The third kappa shape index (κ3) is 3.35. The van der Waals surface area contributed by atoms with E-state index in [1.54, 1.807) is 6.20 Å². The second-order valence-electron chi connectivity index (χ2n) is 5.98. The zero-order chi connectivity index (χ0) is 14.7. The smallest absolute Gasteiger partial charge is 0.0876 e. The van der Waals surface area contributed by atoms with Gasteiger partial charge in [0.15, 0.2) is 0 Å². The number of hydrogen-bond acceptors (Lipinski definition) is 3. The average Bonchev–Trinajstić information content (AvgIpc) is 3.20. The molecular formula is C16H24N4O. The van der Waals surface area contributed by atoms with E-state index in [1.165, 1.54) is 25.7 Å². The van der Waals surface area contributed by atoms with Gasteiger partial charge < -0.3 is 5.11 Å². The molecule has 0 bridgehead atoms. The predicted molar refractivity (Wildman–Crippen MR) is 80.9 cm³/mol. The van der Waals surface area contributed by atoms with Crippen LogP contribution in [0.1, 0.15) is 62.4 Å². The van der Waals surface area contributed by atoms with Gasteiger partial charge in [-0.25, -0.2) is 0 Å². The SMILES string of the molecule is CCCn1cc(C(O)Cc2ccn(C3CCCC3)n2)cn1. The van der Waals surface area contributed by atoms with Crippen LogP contribution in [0.2, 0.25) is 0 Å². The number of aliphatic hydroxyl groups excluding tert-OH is 1. The molecule has 2 heterocycles. The van der Waals surface area contributed by atoms with Crippen molar-refractivity contribution in [2.45, 2.75) is 64.1 Å². The molecule has 1 saturated carbocycles. The molecular weight excluding hydrogens is 264 g/mol. The van der Waals surface area contributed by atoms with Gasteiger partial charge in [-0.1, -0.05) is 19.8 Å². The lowest BCUT2D eigenvalue weighted by Gasteiger charge is -2.09. The van der Waals surface area contributed by atoms with Crippen LogP contribution in [0.3, 0.4) is 0 Å². The summed E-state index contributed by atoms with van der Waals surface area (Å²) in [6, 6.07) is 2.58. The van der Waals surface area contributed by atoms with Crippen molar-refractivity contribution in [3.8, 4) is 0 Å². The lowest BCUT2D eigenvalue weighted by atomic mass is 10.1. The summed E-state index contributed by atoms with van der Waals surface area (Å²) in [7, 11) is 0. The van der Waals surface area contributed by atoms with Crippen LogP contribution >= 0.6 is 0 Å². The third-order valence-electron chi connectivity index (χ3n) is 4.26. The maximum atomic E-state index is 10.3. The Balaban J connectivity index is 1.62. The van der Waals surface area contributed by atoms with E-state index in [0.717, 1.165) is 24.2 Å². The van der Waals surface area contributed by atoms with Gasteiger partial charge >= 0.3 is 0 Å². The summed E-state index contributed by atoms with van der Waals surface area (Å²) < 4.78 is 3.96. The largest absolute Gasteiger partial charge is 0.388 e. The van der Waals surface area contributed by atoms with Crippen LogP contribution in [0.5, 0.6) is 0 Å². The first-order chi connectivity index (χ1) is 10.3. The maximum Gasteiger partial charge on any atom is 0.0876 e. The van der Waals surface area contributed by atoms with Gasteiger partial charge in [-0.15, -0.1) is 0 Å². The highest BCUT2D eigenvalue weighted by atomic mass is 16.3. The Morgan fingerprint density at radius 1 is 1.38 bits per heavy atom. The monoisotopic (exact) mass is 288 g/mol. The van der Waals surface area contributed by atoms with Crippen molar-refractivity contribution in [2.24, 2.45) is 0 Å². The predicted octanol–water partition coefficient (Wildman–Crippen LogP) is 2.88. The Morgan fingerprint density at radius 2 is 2.19 bits per heavy atom. The molecule has 2 aromatic rings. The van der Waals surface area contributed by atoms with Gasteiger partial charge in [0.25, 0.3) is 0 Å². The molecule has 5 nitrogen and oxygen atoms in total. The van der Waals surface area contributed by atoms with Crippen molar-refractivity contribution in [1.29, 1.82) is 0 Å². The Bertz CT molecular complexity index is 568. The molecule has 5 heteroatoms. The molecule has 1 fully saturated rings. The van der Waals surface area contributed by atoms with Gasteiger partial charge in [-0.05, 0) is 25.3 Å². The number of aromatic nitrogens is 4. The summed E-state index contributed by atoms with van der Waals surface area (Å²) in [4.78, 5) is 0. The summed E-state index contributed by atoms with van der Waals surface area (Å²) in [6.07, 6.45) is 11.9. The molecule has 0 aromatic carbocycles. The molecule has 1 unspecified atom stereocenters. The van der Waals surface area contributed by atoms with Crippen molar-refractivity contribution in [3.05, 3.63) is 35.9 Å². The fraction of sp³-hybridized carbons (Fsp3) is 0.625. The van der Waals surface area contributed by atoms with Crippen LogP contribution in [-0.2, 0) is 13.0 Å². The van der Waals surface area contributed by atoms with Gasteiger partial charge in [0.1, 0.15) is 0 Å². The number of hydrogen-bond donors (Lipinski definition) is 1. The minimum Gasteiger partial charge on any atom is -0.388 e. The lowest BCUT2D eigenvalue weighted by Crippen LogP contribution is -2.07. The van der Waals surface area contributed by atoms with E-state index < -0.39 is 6.10 Å². The molecule has 0 aliphatic heterocycles. The fourth-order valence-electron chi connectivity index (χ4n) is 3.08. The molecule has 1 atom stereocenters. The highest BCUT2D eigenvalue weighted by molar-refractivity contribution is 5.12. The van der Waals surface area contributed by atoms with E-state index in [1.807, 2.05) is 16.9 Å². The van der Waals surface area contributed by atoms with Crippen molar-refractivity contribution < 1.29 is 5.11 Å². The van der Waals surface area contributed by atoms with E-state index in [0.29, 0.717) is 12.5 Å². The van der Waals surface area contributed by atoms with Crippen molar-refractivity contribution in [2.75, 3.05) is 0 Å². The highest BCUT2D eigenvalue weighted by Crippen LogP contribution is 2.29. The molecule has 0 saturated heterocycles. The first-order valence-corrected chi connectivity index (χ1v) is 8.00. The quantitative estimate of drug-likeness (QED) is 0.889. The second kappa shape index (κ2) is 6.43. The number of nitrogens with zero attached hydrogens (tertiary/aromatic N) is 4. The Hall–Kier alpha value is -1.62. The average molecular weight is 288 g/mol.